The summed E-state index contributed by atoms with van der Waals surface area (Å²) in [6.45, 7) is 32.9. The number of benzene rings is 4. The summed E-state index contributed by atoms with van der Waals surface area (Å²) in [6, 6.07) is 19.5. The zero-order valence-electron chi connectivity index (χ0n) is 76.7. The Balaban J connectivity index is 0.000000384. The molecule has 0 spiro atoms. The molecule has 6 N–H and O–H groups in total. The molecule has 1 saturated heterocycles. The van der Waals surface area contributed by atoms with Crippen LogP contribution < -0.4 is 15.4 Å². The standard InChI is InChI=1S/C50H70Cl2N2O9.C48H68Cl2N2O9/c1-12-31(4)42-39(55)28-36(25-34-26-37(51)44(38(52)27-34)61-24-17-16-19-30(2)3)46(56)53-45(49(7,8)59)47(57)62-43(35-22-14-13-15-23-35)33(6)21-18-20-32(5)40(60-11)29-41-50(9,63-41)48(58)54(42)10;1-12-29(4)40-38(53)26-34(23-32-24-36(49)41(54)37(50)25-32)44(55)51-43(47(7,8)58)45(56)61-42(33-19-14-13-15-20-33)31(6)18-16-17-30(5)39(60-11)27-35(22-21-28(2)3)48(9,59)46(57)52(40)10/h13-15,18,20-23,26-27,30-31,33,36,40-43,45,59H,12,16-17,19,24-25,28-29H2,1-11H3,(H,53,56);13-20,24-25,28-29,31,34-35,39-40,42-43,54,58-59H,12,21-23,26-27H2,1-11H3,(H,51,55)/b21-18+,32-20+;18-16+,30-17+. The highest BCUT2D eigenvalue weighted by molar-refractivity contribution is 6.37. The van der Waals surface area contributed by atoms with E-state index in [0.717, 1.165) is 36.8 Å². The van der Waals surface area contributed by atoms with Crippen LogP contribution in [0.2, 0.25) is 20.1 Å². The van der Waals surface area contributed by atoms with E-state index in [0.29, 0.717) is 72.6 Å². The van der Waals surface area contributed by atoms with Gasteiger partial charge in [-0.25, -0.2) is 9.59 Å². The number of Topliss-reactive ketones (excluding diaryl/α,β-unsaturated/α-hetero) is 2. The normalized spacial score (nSPS) is 28.9. The van der Waals surface area contributed by atoms with Crippen LogP contribution in [0, 0.1) is 53.3 Å². The van der Waals surface area contributed by atoms with Crippen LogP contribution in [-0.4, -0.2) is 177 Å². The number of epoxide rings is 1. The van der Waals surface area contributed by atoms with Gasteiger partial charge in [0, 0.05) is 71.2 Å². The van der Waals surface area contributed by atoms with Crippen LogP contribution in [0.5, 0.6) is 11.5 Å². The van der Waals surface area contributed by atoms with Crippen LogP contribution in [0.3, 0.4) is 0 Å². The molecule has 3 aliphatic rings. The van der Waals surface area contributed by atoms with E-state index in [9.17, 15) is 58.8 Å². The van der Waals surface area contributed by atoms with Crippen LogP contribution >= 0.6 is 46.4 Å². The number of phenolic OH excluding ortho intramolecular Hbond substituents is 1. The molecule has 22 nitrogen and oxygen atoms in total. The molecule has 4 aromatic rings. The summed E-state index contributed by atoms with van der Waals surface area (Å²) in [5, 5.41) is 51.3. The first-order valence-corrected chi connectivity index (χ1v) is 45.2. The van der Waals surface area contributed by atoms with Gasteiger partial charge in [-0.05, 0) is 181 Å². The van der Waals surface area contributed by atoms with Gasteiger partial charge in [-0.2, -0.15) is 0 Å². The number of aliphatic hydroxyl groups is 3. The van der Waals surface area contributed by atoms with Gasteiger partial charge in [0.1, 0.15) is 17.8 Å². The summed E-state index contributed by atoms with van der Waals surface area (Å²) in [5.41, 5.74) is -2.63. The van der Waals surface area contributed by atoms with E-state index in [1.807, 2.05) is 153 Å². The molecule has 18 atom stereocenters. The molecule has 0 saturated carbocycles. The summed E-state index contributed by atoms with van der Waals surface area (Å²) in [6.07, 6.45) is 13.4. The predicted molar refractivity (Wildman–Crippen MR) is 488 cm³/mol. The number of unbranched alkanes of at least 4 members (excludes halogenated alkanes) is 1. The molecule has 26 heteroatoms. The first-order chi connectivity index (χ1) is 58.1. The van der Waals surface area contributed by atoms with Crippen molar-refractivity contribution < 1.29 is 87.2 Å². The van der Waals surface area contributed by atoms with Gasteiger partial charge in [-0.15, -0.1) is 0 Å². The SMILES string of the molecule is CCC(C)C1C(=O)CC(Cc2cc(Cl)c(O)c(Cl)c2)C(=O)NC(C(C)(C)O)C(=O)OC(c2ccccc2)C(C)/C=C/C=C(\C)C(OC)CC(CCC(C)C)C(C)(O)C(=O)N1C.CCC(C)C1C(=O)CC(Cc2cc(Cl)c(OCCCCC(C)C)c(Cl)c2)C(=O)NC(C(C)(C)O)C(=O)OC(c2ccccc2)C(C)/C=C/C=C(\C)C(OC)CC2OC2(C)C(=O)N1C. The van der Waals surface area contributed by atoms with Crippen molar-refractivity contribution in [3.8, 4) is 11.5 Å². The van der Waals surface area contributed by atoms with Crippen molar-refractivity contribution in [2.24, 2.45) is 53.3 Å². The number of amides is 4. The fourth-order valence-electron chi connectivity index (χ4n) is 16.3. The minimum Gasteiger partial charge on any atom is -0.505 e. The van der Waals surface area contributed by atoms with Crippen molar-refractivity contribution in [3.05, 3.63) is 175 Å². The third kappa shape index (κ3) is 29.3. The second kappa shape index (κ2) is 47.5. The highest BCUT2D eigenvalue weighted by atomic mass is 35.5. The van der Waals surface area contributed by atoms with Crippen molar-refractivity contribution in [2.75, 3.05) is 34.9 Å². The number of carbonyl (C=O) groups excluding carboxylic acids is 8. The average molecular weight is 1800 g/mol. The lowest BCUT2D eigenvalue weighted by Crippen LogP contribution is -2.58. The molecule has 1 fully saturated rings. The molecule has 0 radical (unpaired) electrons. The first-order valence-electron chi connectivity index (χ1n) is 43.7. The maximum atomic E-state index is 14.7. The molecule has 4 aromatic carbocycles. The number of likely N-dealkylation sites (N-methyl/N-ethyl adjacent to an activating group) is 2. The van der Waals surface area contributed by atoms with Gasteiger partial charge < -0.3 is 69.3 Å². The predicted octanol–water partition coefficient (Wildman–Crippen LogP) is 18.0. The smallest absolute Gasteiger partial charge is 0.332 e. The van der Waals surface area contributed by atoms with Gasteiger partial charge in [0.05, 0.1) is 68.3 Å². The zero-order chi connectivity index (χ0) is 92.8. The quantitative estimate of drug-likeness (QED) is 0.0228. The molecular weight excluding hydrogens is 1660 g/mol. The number of ether oxygens (including phenoxy) is 6. The van der Waals surface area contributed by atoms with Gasteiger partial charge in [0.15, 0.2) is 40.8 Å². The van der Waals surface area contributed by atoms with Crippen molar-refractivity contribution in [3.63, 3.8) is 0 Å². The number of ketones is 2. The number of hydrogen-bond donors (Lipinski definition) is 6. The third-order valence-electron chi connectivity index (χ3n) is 24.6. The largest absolute Gasteiger partial charge is 0.505 e. The van der Waals surface area contributed by atoms with Gasteiger partial charge in [0.25, 0.3) is 11.8 Å². The second-order valence-corrected chi connectivity index (χ2v) is 38.3. The van der Waals surface area contributed by atoms with Crippen molar-refractivity contribution in [1.82, 2.24) is 20.4 Å². The number of aromatic hydroxyl groups is 1. The van der Waals surface area contributed by atoms with Crippen LogP contribution in [0.15, 0.2) is 133 Å². The van der Waals surface area contributed by atoms with Crippen LogP contribution in [-0.2, 0) is 74.9 Å². The topological polar surface area (TPSA) is 307 Å². The number of carbonyl (C=O) groups is 8. The number of methoxy groups -OCH3 is 2. The number of nitrogens with zero attached hydrogens (tertiary/aromatic N) is 2. The minimum atomic E-state index is -1.91. The minimum absolute atomic E-state index is 0.0215. The monoisotopic (exact) mass is 1800 g/mol. The van der Waals surface area contributed by atoms with E-state index in [2.05, 4.69) is 38.3 Å². The summed E-state index contributed by atoms with van der Waals surface area (Å²) < 4.78 is 36.4. The molecule has 18 unspecified atom stereocenters. The number of cyclic esters (lactones) is 2. The fourth-order valence-corrected chi connectivity index (χ4v) is 17.5. The lowest BCUT2D eigenvalue weighted by molar-refractivity contribution is -0.163. The highest BCUT2D eigenvalue weighted by Crippen LogP contribution is 2.45. The Bertz CT molecular complexity index is 4320. The highest BCUT2D eigenvalue weighted by Gasteiger charge is 2.61. The number of phenols is 1. The Morgan fingerprint density at radius 2 is 0.976 bits per heavy atom. The number of hydrogen-bond acceptors (Lipinski definition) is 18. The maximum Gasteiger partial charge on any atom is 0.332 e. The Hall–Kier alpha value is -7.48. The maximum absolute atomic E-state index is 14.7. The van der Waals surface area contributed by atoms with Crippen molar-refractivity contribution in [2.45, 2.75) is 285 Å². The van der Waals surface area contributed by atoms with E-state index in [4.69, 9.17) is 74.8 Å². The van der Waals surface area contributed by atoms with E-state index in [-0.39, 0.29) is 80.7 Å². The van der Waals surface area contributed by atoms with Gasteiger partial charge in [-0.3, -0.25) is 28.8 Å². The number of nitrogens with one attached hydrogen (secondary N) is 2. The van der Waals surface area contributed by atoms with Crippen LogP contribution in [0.4, 0.5) is 0 Å². The summed E-state index contributed by atoms with van der Waals surface area (Å²) in [4.78, 5) is 119. The van der Waals surface area contributed by atoms with Gasteiger partial charge in [0.2, 0.25) is 11.8 Å². The fraction of sp³-hybridized carbons (Fsp3) is 0.592. The summed E-state index contributed by atoms with van der Waals surface area (Å²) >= 11 is 26.1. The molecule has 0 aliphatic carbocycles. The third-order valence-corrected chi connectivity index (χ3v) is 25.7. The molecule has 0 aromatic heterocycles. The number of halogens is 4. The van der Waals surface area contributed by atoms with E-state index < -0.39 is 142 Å². The molecule has 686 valence electrons. The van der Waals surface area contributed by atoms with Gasteiger partial charge in [-0.1, -0.05) is 238 Å². The molecular formula is C98H138Cl4N4O18. The summed E-state index contributed by atoms with van der Waals surface area (Å²) in [7, 11) is 6.30. The van der Waals surface area contributed by atoms with E-state index >= 15 is 0 Å². The zero-order valence-corrected chi connectivity index (χ0v) is 79.8. The second-order valence-electron chi connectivity index (χ2n) is 36.7. The number of esters is 2. The molecule has 3 aliphatic heterocycles. The Morgan fingerprint density at radius 1 is 0.581 bits per heavy atom. The summed E-state index contributed by atoms with van der Waals surface area (Å²) in [5.74, 6) is -8.43. The van der Waals surface area contributed by atoms with E-state index in [1.54, 1.807) is 40.3 Å². The van der Waals surface area contributed by atoms with Gasteiger partial charge >= 0.3 is 11.9 Å². The Kier molecular flexibility index (Phi) is 40.4. The van der Waals surface area contributed by atoms with Crippen LogP contribution in [0.25, 0.3) is 0 Å². The number of rotatable bonds is 23. The molecule has 124 heavy (non-hydrogen) atoms. The van der Waals surface area contributed by atoms with Crippen molar-refractivity contribution in [1.29, 1.82) is 0 Å². The average Bonchev–Trinajstić information content (AvgIpc) is 1.58. The molecule has 7 rings (SSSR count). The number of allylic oxidation sites excluding steroid dienone is 4. The lowest BCUT2D eigenvalue weighted by atomic mass is 9.77. The number of fused-ring (bicyclic) bond motifs is 1. The lowest BCUT2D eigenvalue weighted by Gasteiger charge is -2.40. The Labute approximate surface area is 756 Å². The molecule has 0 bridgehead atoms. The van der Waals surface area contributed by atoms with Crippen molar-refractivity contribution >= 4 is 93.5 Å². The molecule has 4 amide bonds. The first kappa shape index (κ1) is 105. The van der Waals surface area contributed by atoms with Crippen LogP contribution in [0.1, 0.15) is 230 Å². The molecule has 3 heterocycles. The van der Waals surface area contributed by atoms with E-state index in [1.165, 1.54) is 63.6 Å². The Morgan fingerprint density at radius 3 is 1.36 bits per heavy atom.